The van der Waals surface area contributed by atoms with Gasteiger partial charge in [0, 0.05) is 6.92 Å². The Hall–Kier alpha value is -0.980. The summed E-state index contributed by atoms with van der Waals surface area (Å²) in [4.78, 5) is 4.56. The van der Waals surface area contributed by atoms with Gasteiger partial charge in [-0.05, 0) is 53.9 Å². The highest BCUT2D eigenvalue weighted by atomic mass is 127. The van der Waals surface area contributed by atoms with Crippen molar-refractivity contribution in [3.05, 3.63) is 40.0 Å². The molecule has 0 N–H and O–H groups in total. The first-order chi connectivity index (χ1) is 12.7. The Balaban J connectivity index is 1.78. The molecule has 7 heteroatoms. The van der Waals surface area contributed by atoms with Crippen LogP contribution in [0.2, 0.25) is 0 Å². The number of unbranched alkanes of at least 4 members (excludes halogenated alkanes) is 2. The van der Waals surface area contributed by atoms with Crippen molar-refractivity contribution in [3.8, 4) is 5.75 Å². The van der Waals surface area contributed by atoms with E-state index in [1.54, 1.807) is 0 Å². The highest BCUT2D eigenvalue weighted by molar-refractivity contribution is 14.1. The van der Waals surface area contributed by atoms with Gasteiger partial charge in [-0.1, -0.05) is 40.8 Å². The smallest absolute Gasteiger partial charge is 0.327 e. The molecule has 142 valence electrons. The second-order valence-corrected chi connectivity index (χ2v) is 7.47. The van der Waals surface area contributed by atoms with Crippen molar-refractivity contribution in [2.24, 2.45) is 4.99 Å². The van der Waals surface area contributed by atoms with E-state index in [0.29, 0.717) is 19.1 Å². The van der Waals surface area contributed by atoms with Crippen molar-refractivity contribution < 1.29 is 18.6 Å². The zero-order valence-electron chi connectivity index (χ0n) is 15.0. The molecule has 1 aliphatic rings. The predicted octanol–water partition coefficient (Wildman–Crippen LogP) is 5.53. The van der Waals surface area contributed by atoms with Crippen LogP contribution < -0.4 is 4.74 Å². The van der Waals surface area contributed by atoms with E-state index in [9.17, 15) is 4.57 Å². The molecule has 1 aliphatic heterocycles. The maximum absolute atomic E-state index is 10.6. The van der Waals surface area contributed by atoms with Crippen LogP contribution in [0.5, 0.6) is 5.75 Å². The first-order valence-corrected chi connectivity index (χ1v) is 10.8. The van der Waals surface area contributed by atoms with Gasteiger partial charge in [0.05, 0.1) is 13.2 Å². The van der Waals surface area contributed by atoms with Crippen molar-refractivity contribution in [2.75, 3.05) is 19.8 Å². The number of halogens is 1. The van der Waals surface area contributed by atoms with E-state index in [4.69, 9.17) is 14.0 Å². The zero-order chi connectivity index (χ0) is 18.7. The number of aliphatic imine (C=N–C) groups is 1. The molecule has 0 aromatic heterocycles. The third kappa shape index (κ3) is 7.33. The minimum absolute atomic E-state index is 0.295. The summed E-state index contributed by atoms with van der Waals surface area (Å²) in [6.07, 6.45) is 7.11. The lowest BCUT2D eigenvalue weighted by molar-refractivity contribution is 0.173. The van der Waals surface area contributed by atoms with Crippen molar-refractivity contribution in [3.63, 3.8) is 0 Å². The number of aryl methyl sites for hydroxylation is 1. The fraction of sp³-hybridized carbons (Fsp3) is 0.526. The Bertz CT molecular complexity index is 620. The van der Waals surface area contributed by atoms with Gasteiger partial charge in [0.1, 0.15) is 17.9 Å². The fourth-order valence-corrected chi connectivity index (χ4v) is 3.46. The maximum Gasteiger partial charge on any atom is 0.327 e. The van der Waals surface area contributed by atoms with Crippen molar-refractivity contribution >= 4 is 37.2 Å². The number of hydrogen-bond acceptors (Lipinski definition) is 5. The number of nitrogens with zero attached hydrogens (tertiary/aromatic N) is 1. The van der Waals surface area contributed by atoms with E-state index >= 15 is 0 Å². The number of rotatable bonds is 12. The first kappa shape index (κ1) is 21.3. The van der Waals surface area contributed by atoms with Gasteiger partial charge in [0.2, 0.25) is 0 Å². The molecule has 1 aromatic carbocycles. The van der Waals surface area contributed by atoms with Crippen LogP contribution in [0.15, 0.2) is 39.4 Å². The minimum Gasteiger partial charge on any atom is -0.494 e. The second kappa shape index (κ2) is 11.7. The quantitative estimate of drug-likeness (QED) is 0.220. The lowest BCUT2D eigenvalue weighted by Gasteiger charge is -2.22. The second-order valence-electron chi connectivity index (χ2n) is 6.34. The van der Waals surface area contributed by atoms with E-state index in [1.807, 2.05) is 19.1 Å². The van der Waals surface area contributed by atoms with E-state index in [1.165, 1.54) is 5.56 Å². The van der Waals surface area contributed by atoms with E-state index in [0.717, 1.165) is 44.5 Å². The van der Waals surface area contributed by atoms with Crippen LogP contribution in [0.25, 0.3) is 0 Å². The van der Waals surface area contributed by atoms with Crippen LogP contribution in [0.1, 0.15) is 38.2 Å². The topological polar surface area (TPSA) is 57.1 Å². The minimum atomic E-state index is -0.441. The normalized spacial score (nSPS) is 19.7. The van der Waals surface area contributed by atoms with Crippen molar-refractivity contribution in [1.82, 2.24) is 0 Å². The maximum atomic E-state index is 10.6. The van der Waals surface area contributed by atoms with Crippen LogP contribution in [0.3, 0.4) is 0 Å². The molecule has 0 radical (unpaired) electrons. The molecule has 2 rings (SSSR count). The number of allylic oxidation sites excluding steroid dienone is 1. The number of benzene rings is 1. The summed E-state index contributed by atoms with van der Waals surface area (Å²) in [5.41, 5.74) is 0.770. The molecule has 0 aliphatic carbocycles. The molecule has 5 nitrogen and oxygen atoms in total. The molecule has 1 heterocycles. The largest absolute Gasteiger partial charge is 0.494 e. The van der Waals surface area contributed by atoms with Crippen LogP contribution in [-0.4, -0.2) is 31.3 Å². The van der Waals surface area contributed by atoms with Crippen LogP contribution in [0.4, 0.5) is 0 Å². The Morgan fingerprint density at radius 1 is 1.35 bits per heavy atom. The first-order valence-electron chi connectivity index (χ1n) is 8.78. The van der Waals surface area contributed by atoms with Gasteiger partial charge in [0.15, 0.2) is 5.90 Å². The Morgan fingerprint density at radius 2 is 2.15 bits per heavy atom. The SMILES string of the molecule is CC1=NC(CCc2ccc(OCCCC/C=C/I)cc2)(COP=O)CO1. The molecule has 1 unspecified atom stereocenters. The van der Waals surface area contributed by atoms with E-state index < -0.39 is 5.54 Å². The number of hydrogen-bond donors (Lipinski definition) is 0. The van der Waals surface area contributed by atoms with Crippen molar-refractivity contribution in [2.45, 2.75) is 44.6 Å². The molecule has 26 heavy (non-hydrogen) atoms. The Morgan fingerprint density at radius 3 is 2.81 bits per heavy atom. The summed E-state index contributed by atoms with van der Waals surface area (Å²) < 4.78 is 29.0. The number of ether oxygens (including phenoxy) is 2. The monoisotopic (exact) mass is 489 g/mol. The summed E-state index contributed by atoms with van der Waals surface area (Å²) in [7, 11) is -0.320. The molecule has 0 saturated carbocycles. The fourth-order valence-electron chi connectivity index (χ4n) is 2.80. The lowest BCUT2D eigenvalue weighted by Crippen LogP contribution is -2.34. The molecular weight excluding hydrogens is 464 g/mol. The van der Waals surface area contributed by atoms with Gasteiger partial charge in [0.25, 0.3) is 0 Å². The molecule has 1 aromatic rings. The van der Waals surface area contributed by atoms with Crippen molar-refractivity contribution in [1.29, 1.82) is 0 Å². The summed E-state index contributed by atoms with van der Waals surface area (Å²) in [6.45, 7) is 3.35. The summed E-state index contributed by atoms with van der Waals surface area (Å²) in [5, 5.41) is 0. The van der Waals surface area contributed by atoms with E-state index in [2.05, 4.69) is 49.9 Å². The highest BCUT2D eigenvalue weighted by Crippen LogP contribution is 2.27. The third-order valence-corrected chi connectivity index (χ3v) is 5.00. The summed E-state index contributed by atoms with van der Waals surface area (Å²) in [6, 6.07) is 8.19. The Kier molecular flexibility index (Phi) is 9.57. The predicted molar refractivity (Wildman–Crippen MR) is 113 cm³/mol. The van der Waals surface area contributed by atoms with E-state index in [-0.39, 0.29) is 8.69 Å². The average Bonchev–Trinajstić information content (AvgIpc) is 3.03. The molecule has 0 bridgehead atoms. The lowest BCUT2D eigenvalue weighted by atomic mass is 9.94. The molecule has 1 atom stereocenters. The summed E-state index contributed by atoms with van der Waals surface area (Å²) >= 11 is 2.24. The van der Waals surface area contributed by atoms with Gasteiger partial charge < -0.3 is 9.47 Å². The average molecular weight is 489 g/mol. The standard InChI is InChI=1S/C19H25INO4P/c1-16-21-19(14-24-16,15-25-26-22)11-10-17-6-8-18(9-7-17)23-13-5-3-2-4-12-20/h4,6-9,12H,2-3,5,10-11,13-15H2,1H3/b12-4+. The molecule has 0 amide bonds. The van der Waals surface area contributed by atoms with Gasteiger partial charge in [-0.15, -0.1) is 0 Å². The third-order valence-electron chi connectivity index (χ3n) is 4.26. The molecular formula is C19H25INO4P. The molecule has 0 fully saturated rings. The van der Waals surface area contributed by atoms with Crippen LogP contribution >= 0.6 is 31.3 Å². The van der Waals surface area contributed by atoms with Crippen LogP contribution in [0, 0.1) is 0 Å². The highest BCUT2D eigenvalue weighted by Gasteiger charge is 2.35. The van der Waals surface area contributed by atoms with Crippen LogP contribution in [-0.2, 0) is 20.2 Å². The molecule has 0 saturated heterocycles. The van der Waals surface area contributed by atoms with Gasteiger partial charge >= 0.3 is 8.69 Å². The van der Waals surface area contributed by atoms with Gasteiger partial charge in [-0.2, -0.15) is 0 Å². The summed E-state index contributed by atoms with van der Waals surface area (Å²) in [5.74, 6) is 1.56. The molecule has 0 spiro atoms. The van der Waals surface area contributed by atoms with Gasteiger partial charge in [-0.25, -0.2) is 9.56 Å². The zero-order valence-corrected chi connectivity index (χ0v) is 18.1. The Labute approximate surface area is 170 Å². The van der Waals surface area contributed by atoms with Gasteiger partial charge in [-0.3, -0.25) is 4.52 Å².